The van der Waals surface area contributed by atoms with E-state index in [9.17, 15) is 9.18 Å². The molecule has 0 aliphatic carbocycles. The van der Waals surface area contributed by atoms with Crippen LogP contribution in [0.4, 0.5) is 15.0 Å². The number of methoxy groups -OCH3 is 1. The Bertz CT molecular complexity index is 1120. The lowest BCUT2D eigenvalue weighted by atomic mass is 9.92. The predicted octanol–water partition coefficient (Wildman–Crippen LogP) is 4.54. The fraction of sp³-hybridized carbons (Fsp3) is 0.407. The summed E-state index contributed by atoms with van der Waals surface area (Å²) in [5.41, 5.74) is 2.48. The Kier molecular flexibility index (Phi) is 7.52. The Labute approximate surface area is 206 Å². The monoisotopic (exact) mass is 479 g/mol. The van der Waals surface area contributed by atoms with E-state index in [4.69, 9.17) is 9.84 Å². The molecule has 1 fully saturated rings. The molecule has 1 saturated heterocycles. The van der Waals surface area contributed by atoms with Crippen LogP contribution in [-0.4, -0.2) is 60.1 Å². The average molecular weight is 480 g/mol. The van der Waals surface area contributed by atoms with Crippen molar-refractivity contribution in [2.45, 2.75) is 38.1 Å². The zero-order valence-electron chi connectivity index (χ0n) is 20.8. The Balaban J connectivity index is 1.54. The minimum absolute atomic E-state index is 0.0569. The molecule has 0 bridgehead atoms. The second-order valence-corrected chi connectivity index (χ2v) is 10.0. The van der Waals surface area contributed by atoms with Crippen LogP contribution in [0.5, 0.6) is 0 Å². The van der Waals surface area contributed by atoms with Gasteiger partial charge in [-0.3, -0.25) is 10.2 Å². The fourth-order valence-electron chi connectivity index (χ4n) is 4.41. The number of nitrogens with zero attached hydrogens (tertiary/aromatic N) is 3. The third-order valence-electron chi connectivity index (χ3n) is 6.34. The number of hydrogen-bond acceptors (Lipinski definition) is 4. The minimum atomic E-state index is -0.324. The van der Waals surface area contributed by atoms with Gasteiger partial charge < -0.3 is 10.1 Å². The quantitative estimate of drug-likeness (QED) is 0.522. The molecule has 2 atom stereocenters. The summed E-state index contributed by atoms with van der Waals surface area (Å²) in [6.45, 7) is 9.23. The van der Waals surface area contributed by atoms with Crippen molar-refractivity contribution in [2.24, 2.45) is 0 Å². The molecule has 186 valence electrons. The summed E-state index contributed by atoms with van der Waals surface area (Å²) < 4.78 is 20.4. The van der Waals surface area contributed by atoms with Crippen molar-refractivity contribution in [1.82, 2.24) is 20.0 Å². The molecular formula is C27H34FN5O2. The Morgan fingerprint density at radius 3 is 2.49 bits per heavy atom. The van der Waals surface area contributed by atoms with Crippen LogP contribution >= 0.6 is 0 Å². The van der Waals surface area contributed by atoms with Crippen molar-refractivity contribution >= 4 is 11.8 Å². The highest BCUT2D eigenvalue weighted by Crippen LogP contribution is 2.29. The Hall–Kier alpha value is -3.23. The second kappa shape index (κ2) is 10.6. The van der Waals surface area contributed by atoms with E-state index < -0.39 is 0 Å². The average Bonchev–Trinajstić information content (AvgIpc) is 3.43. The number of nitrogens with one attached hydrogen (secondary N) is 2. The van der Waals surface area contributed by atoms with Gasteiger partial charge in [0.15, 0.2) is 0 Å². The molecule has 2 aromatic carbocycles. The lowest BCUT2D eigenvalue weighted by Gasteiger charge is -2.20. The normalized spacial score (nSPS) is 18.5. The van der Waals surface area contributed by atoms with Crippen LogP contribution in [0.25, 0.3) is 5.69 Å². The molecule has 2 heterocycles. The van der Waals surface area contributed by atoms with E-state index >= 15 is 0 Å². The minimum Gasteiger partial charge on any atom is -0.383 e. The number of ether oxygens (including phenoxy) is 1. The van der Waals surface area contributed by atoms with Gasteiger partial charge in [0.25, 0.3) is 0 Å². The highest BCUT2D eigenvalue weighted by Gasteiger charge is 2.34. The lowest BCUT2D eigenvalue weighted by molar-refractivity contribution is 0.159. The molecule has 1 aromatic heterocycles. The van der Waals surface area contributed by atoms with Gasteiger partial charge >= 0.3 is 6.03 Å². The highest BCUT2D eigenvalue weighted by atomic mass is 19.1. The maximum absolute atomic E-state index is 13.5. The number of benzene rings is 2. The van der Waals surface area contributed by atoms with Gasteiger partial charge in [-0.25, -0.2) is 13.9 Å². The van der Waals surface area contributed by atoms with Crippen molar-refractivity contribution in [1.29, 1.82) is 0 Å². The van der Waals surface area contributed by atoms with Crippen LogP contribution in [0.15, 0.2) is 60.7 Å². The van der Waals surface area contributed by atoms with Crippen molar-refractivity contribution in [3.8, 4) is 5.69 Å². The molecule has 1 aliphatic rings. The summed E-state index contributed by atoms with van der Waals surface area (Å²) in [5, 5.41) is 10.9. The summed E-state index contributed by atoms with van der Waals surface area (Å²) in [4.78, 5) is 15.5. The van der Waals surface area contributed by atoms with Crippen LogP contribution in [0, 0.1) is 5.82 Å². The first-order valence-corrected chi connectivity index (χ1v) is 11.9. The van der Waals surface area contributed by atoms with Gasteiger partial charge in [-0.15, -0.1) is 0 Å². The lowest BCUT2D eigenvalue weighted by Crippen LogP contribution is -2.42. The molecule has 2 amide bonds. The number of likely N-dealkylation sites (tertiary alicyclic amines) is 1. The van der Waals surface area contributed by atoms with Crippen LogP contribution in [-0.2, 0) is 10.2 Å². The molecule has 35 heavy (non-hydrogen) atoms. The van der Waals surface area contributed by atoms with E-state index in [1.807, 2.05) is 24.3 Å². The summed E-state index contributed by atoms with van der Waals surface area (Å²) in [5.74, 6) is 0.380. The Morgan fingerprint density at radius 1 is 1.11 bits per heavy atom. The van der Waals surface area contributed by atoms with E-state index in [2.05, 4.69) is 48.4 Å². The number of halogens is 1. The van der Waals surface area contributed by atoms with Crippen LogP contribution in [0.2, 0.25) is 0 Å². The van der Waals surface area contributed by atoms with Gasteiger partial charge in [0, 0.05) is 44.1 Å². The molecule has 2 N–H and O–H groups in total. The second-order valence-electron chi connectivity index (χ2n) is 10.0. The summed E-state index contributed by atoms with van der Waals surface area (Å²) >= 11 is 0. The molecular weight excluding hydrogens is 445 g/mol. The maximum Gasteiger partial charge on any atom is 0.320 e. The van der Waals surface area contributed by atoms with Gasteiger partial charge in [-0.05, 0) is 29.8 Å². The van der Waals surface area contributed by atoms with Crippen molar-refractivity contribution in [2.75, 3.05) is 38.7 Å². The molecule has 3 aromatic rings. The first-order chi connectivity index (χ1) is 16.7. The summed E-state index contributed by atoms with van der Waals surface area (Å²) in [7, 11) is 1.70. The van der Waals surface area contributed by atoms with E-state index in [0.29, 0.717) is 18.1 Å². The number of carbonyl (C=O) groups excluding carboxylic acids is 1. The molecule has 0 spiro atoms. The predicted molar refractivity (Wildman–Crippen MR) is 136 cm³/mol. The number of anilines is 1. The number of amides is 2. The largest absolute Gasteiger partial charge is 0.383 e. The van der Waals surface area contributed by atoms with Crippen LogP contribution in [0.1, 0.15) is 37.9 Å². The zero-order chi connectivity index (χ0) is 25.0. The van der Waals surface area contributed by atoms with Gasteiger partial charge in [0.2, 0.25) is 0 Å². The smallest absolute Gasteiger partial charge is 0.320 e. The molecule has 0 unspecified atom stereocenters. The first-order valence-electron chi connectivity index (χ1n) is 11.9. The zero-order valence-corrected chi connectivity index (χ0v) is 20.8. The highest BCUT2D eigenvalue weighted by molar-refractivity contribution is 5.89. The van der Waals surface area contributed by atoms with Crippen LogP contribution in [0.3, 0.4) is 0 Å². The number of aromatic nitrogens is 2. The topological polar surface area (TPSA) is 71.4 Å². The van der Waals surface area contributed by atoms with Gasteiger partial charge in [0.05, 0.1) is 24.0 Å². The van der Waals surface area contributed by atoms with Crippen molar-refractivity contribution in [3.05, 3.63) is 77.7 Å². The maximum atomic E-state index is 13.5. The van der Waals surface area contributed by atoms with Gasteiger partial charge in [0.1, 0.15) is 11.6 Å². The molecule has 4 rings (SSSR count). The van der Waals surface area contributed by atoms with E-state index in [0.717, 1.165) is 25.3 Å². The fourth-order valence-corrected chi connectivity index (χ4v) is 4.41. The molecule has 1 aliphatic heterocycles. The van der Waals surface area contributed by atoms with Crippen molar-refractivity contribution in [3.63, 3.8) is 0 Å². The van der Waals surface area contributed by atoms with E-state index in [1.54, 1.807) is 23.9 Å². The molecule has 0 saturated carbocycles. The number of carbonyl (C=O) groups is 1. The third-order valence-corrected chi connectivity index (χ3v) is 6.34. The number of urea groups is 1. The van der Waals surface area contributed by atoms with Crippen LogP contribution < -0.4 is 10.6 Å². The van der Waals surface area contributed by atoms with Gasteiger partial charge in [-0.1, -0.05) is 51.1 Å². The number of hydrogen-bond donors (Lipinski definition) is 2. The van der Waals surface area contributed by atoms with E-state index in [-0.39, 0.29) is 29.2 Å². The van der Waals surface area contributed by atoms with Gasteiger partial charge in [-0.2, -0.15) is 5.10 Å². The summed E-state index contributed by atoms with van der Waals surface area (Å²) in [6, 6.07) is 17.8. The Morgan fingerprint density at radius 2 is 1.83 bits per heavy atom. The first kappa shape index (κ1) is 24.9. The summed E-state index contributed by atoms with van der Waals surface area (Å²) in [6.07, 6.45) is 0. The number of rotatable bonds is 7. The molecule has 8 heteroatoms. The van der Waals surface area contributed by atoms with E-state index in [1.165, 1.54) is 17.7 Å². The SMILES string of the molecule is COCCN1C[C@@H](NC(=O)Nc2cc(C(C)(C)C)nn2-c2ccc(F)cc2)[C@H](c2ccccc2)C1. The standard InChI is InChI=1S/C27H34FN5O2/c1-27(2,3)24-16-25(33(31-24)21-12-10-20(28)11-13-21)30-26(34)29-23-18-32(14-15-35-4)17-22(23)19-8-6-5-7-9-19/h5-13,16,22-23H,14-15,17-18H2,1-4H3,(H2,29,30,34)/t22-,23+/m0/s1. The third kappa shape index (κ3) is 6.07. The molecule has 0 radical (unpaired) electrons. The van der Waals surface area contributed by atoms with Crippen molar-refractivity contribution < 1.29 is 13.9 Å². The molecule has 7 nitrogen and oxygen atoms in total.